The van der Waals surface area contributed by atoms with Crippen LogP contribution < -0.4 is 15.4 Å². The van der Waals surface area contributed by atoms with Gasteiger partial charge in [-0.3, -0.25) is 14.4 Å². The maximum Gasteiger partial charge on any atom is 0.407 e. The van der Waals surface area contributed by atoms with Crippen LogP contribution in [-0.4, -0.2) is 37.6 Å². The van der Waals surface area contributed by atoms with Gasteiger partial charge in [0, 0.05) is 13.1 Å². The van der Waals surface area contributed by atoms with Gasteiger partial charge in [0.25, 0.3) is 0 Å². The molecule has 2 unspecified atom stereocenters. The predicted octanol–water partition coefficient (Wildman–Crippen LogP) is 8.40. The van der Waals surface area contributed by atoms with Gasteiger partial charge in [0.15, 0.2) is 6.10 Å². The standard InChI is InChI=1S/C40H49N2O8P/c1-31(2)38(42-27-32-22-24-36(46-3)25-23-32)51(45,49-30-35-19-11-6-12-20-35)50-37(39(43)47-28-33-15-7-4-8-16-33)21-13-14-26-41-40(44)48-29-34-17-9-5-10-18-34/h4-12,15-20,22-25,31,37-38,42H,13-14,21,26-30H2,1-3H3,(H,41,44)/t37-,38?,51?/m0/s1. The average molecular weight is 717 g/mol. The van der Waals surface area contributed by atoms with Gasteiger partial charge in [-0.1, -0.05) is 117 Å². The number of carbonyl (C=O) groups is 2. The summed E-state index contributed by atoms with van der Waals surface area (Å²) in [4.78, 5) is 25.9. The molecule has 1 amide bonds. The summed E-state index contributed by atoms with van der Waals surface area (Å²) in [6, 6.07) is 35.7. The van der Waals surface area contributed by atoms with Crippen molar-refractivity contribution in [1.29, 1.82) is 0 Å². The Morgan fingerprint density at radius 2 is 1.24 bits per heavy atom. The molecule has 0 aliphatic carbocycles. The fourth-order valence-corrected chi connectivity index (χ4v) is 7.50. The van der Waals surface area contributed by atoms with Crippen molar-refractivity contribution in [2.45, 2.75) is 71.4 Å². The second-order valence-corrected chi connectivity index (χ2v) is 14.5. The van der Waals surface area contributed by atoms with E-state index in [1.807, 2.05) is 129 Å². The van der Waals surface area contributed by atoms with E-state index in [4.69, 9.17) is 23.3 Å². The number of ether oxygens (including phenoxy) is 3. The molecule has 0 aliphatic heterocycles. The van der Waals surface area contributed by atoms with Crippen molar-refractivity contribution in [2.24, 2.45) is 5.92 Å². The van der Waals surface area contributed by atoms with Crippen LogP contribution in [0.15, 0.2) is 115 Å². The lowest BCUT2D eigenvalue weighted by molar-refractivity contribution is -0.154. The number of unbranched alkanes of at least 4 members (excludes halogenated alkanes) is 1. The predicted molar refractivity (Wildman–Crippen MR) is 197 cm³/mol. The van der Waals surface area contributed by atoms with E-state index in [9.17, 15) is 14.2 Å². The number of carbonyl (C=O) groups excluding carboxylic acids is 2. The highest BCUT2D eigenvalue weighted by atomic mass is 31.2. The summed E-state index contributed by atoms with van der Waals surface area (Å²) in [5.41, 5.74) is 3.46. The molecule has 0 aliphatic rings. The summed E-state index contributed by atoms with van der Waals surface area (Å²) < 4.78 is 43.8. The minimum Gasteiger partial charge on any atom is -0.497 e. The third-order valence-electron chi connectivity index (χ3n) is 8.04. The first kappa shape index (κ1) is 39.3. The first-order valence-electron chi connectivity index (χ1n) is 17.2. The summed E-state index contributed by atoms with van der Waals surface area (Å²) in [5.74, 6) is -0.864. The SMILES string of the molecule is COc1ccc(CNC(C(C)C)P(=O)(OCc2ccccc2)O[C@@H](CCCCNC(=O)OCc2ccccc2)C(=O)OCc2ccccc2)cc1. The molecule has 51 heavy (non-hydrogen) atoms. The van der Waals surface area contributed by atoms with Gasteiger partial charge in [-0.25, -0.2) is 9.59 Å². The van der Waals surface area contributed by atoms with Gasteiger partial charge in [0.05, 0.1) is 13.7 Å². The lowest BCUT2D eigenvalue weighted by atomic mass is 10.1. The van der Waals surface area contributed by atoms with Crippen molar-refractivity contribution in [3.8, 4) is 5.75 Å². The Labute approximate surface area is 301 Å². The van der Waals surface area contributed by atoms with E-state index in [0.29, 0.717) is 25.9 Å². The van der Waals surface area contributed by atoms with Crippen LogP contribution in [0.1, 0.15) is 55.4 Å². The molecular weight excluding hydrogens is 667 g/mol. The molecule has 0 bridgehead atoms. The van der Waals surface area contributed by atoms with Gasteiger partial charge in [-0.2, -0.15) is 0 Å². The minimum absolute atomic E-state index is 0.0202. The number of hydrogen-bond acceptors (Lipinski definition) is 9. The number of amides is 1. The second kappa shape index (κ2) is 21.0. The Kier molecular flexibility index (Phi) is 16.2. The van der Waals surface area contributed by atoms with Gasteiger partial charge in [0.2, 0.25) is 0 Å². The zero-order valence-corrected chi connectivity index (χ0v) is 30.5. The van der Waals surface area contributed by atoms with Crippen LogP contribution in [0.5, 0.6) is 5.75 Å². The highest BCUT2D eigenvalue weighted by Gasteiger charge is 2.42. The van der Waals surface area contributed by atoms with E-state index in [1.54, 1.807) is 7.11 Å². The van der Waals surface area contributed by atoms with Crippen LogP contribution in [0.3, 0.4) is 0 Å². The van der Waals surface area contributed by atoms with Gasteiger partial charge >= 0.3 is 19.7 Å². The first-order chi connectivity index (χ1) is 24.8. The van der Waals surface area contributed by atoms with Crippen LogP contribution in [0.2, 0.25) is 0 Å². The van der Waals surface area contributed by atoms with E-state index < -0.39 is 31.5 Å². The van der Waals surface area contributed by atoms with E-state index in [1.165, 1.54) is 0 Å². The van der Waals surface area contributed by atoms with Gasteiger partial charge in [-0.15, -0.1) is 0 Å². The van der Waals surface area contributed by atoms with Crippen molar-refractivity contribution in [2.75, 3.05) is 13.7 Å². The monoisotopic (exact) mass is 716 g/mol. The number of esters is 1. The summed E-state index contributed by atoms with van der Waals surface area (Å²) in [6.07, 6.45) is -0.546. The molecule has 4 aromatic carbocycles. The molecule has 3 atom stereocenters. The van der Waals surface area contributed by atoms with Gasteiger partial charge in [0.1, 0.15) is 24.7 Å². The number of methoxy groups -OCH3 is 1. The largest absolute Gasteiger partial charge is 0.497 e. The van der Waals surface area contributed by atoms with Crippen molar-refractivity contribution in [3.63, 3.8) is 0 Å². The quantitative estimate of drug-likeness (QED) is 0.0497. The molecular formula is C40H49N2O8P. The van der Waals surface area contributed by atoms with Crippen LogP contribution in [0.4, 0.5) is 4.79 Å². The zero-order valence-electron chi connectivity index (χ0n) is 29.6. The fraction of sp³-hybridized carbons (Fsp3) is 0.350. The molecule has 0 radical (unpaired) electrons. The lowest BCUT2D eigenvalue weighted by Crippen LogP contribution is -2.37. The van der Waals surface area contributed by atoms with Crippen molar-refractivity contribution < 1.29 is 37.4 Å². The third-order valence-corrected chi connectivity index (χ3v) is 10.5. The van der Waals surface area contributed by atoms with E-state index >= 15 is 0 Å². The highest BCUT2D eigenvalue weighted by molar-refractivity contribution is 7.54. The van der Waals surface area contributed by atoms with Crippen LogP contribution in [0, 0.1) is 5.92 Å². The molecule has 4 aromatic rings. The molecule has 0 fully saturated rings. The summed E-state index contributed by atoms with van der Waals surface area (Å²) in [5, 5.41) is 6.14. The number of alkyl carbamates (subject to hydrolysis) is 1. The molecule has 11 heteroatoms. The van der Waals surface area contributed by atoms with Crippen molar-refractivity contribution >= 4 is 19.7 Å². The van der Waals surface area contributed by atoms with E-state index in [-0.39, 0.29) is 32.2 Å². The van der Waals surface area contributed by atoms with E-state index in [2.05, 4.69) is 10.6 Å². The second-order valence-electron chi connectivity index (χ2n) is 12.4. The average Bonchev–Trinajstić information content (AvgIpc) is 3.16. The number of nitrogens with one attached hydrogen (secondary N) is 2. The van der Waals surface area contributed by atoms with Gasteiger partial charge < -0.3 is 24.1 Å². The Bertz CT molecular complexity index is 1640. The Hall–Kier alpha value is -4.47. The molecule has 0 aromatic heterocycles. The van der Waals surface area contributed by atoms with Crippen LogP contribution >= 0.6 is 7.60 Å². The first-order valence-corrected chi connectivity index (χ1v) is 18.8. The number of benzene rings is 4. The summed E-state index contributed by atoms with van der Waals surface area (Å²) in [7, 11) is -2.44. The molecule has 2 N–H and O–H groups in total. The number of rotatable bonds is 21. The lowest BCUT2D eigenvalue weighted by Gasteiger charge is -2.32. The summed E-state index contributed by atoms with van der Waals surface area (Å²) in [6.45, 7) is 4.78. The zero-order chi connectivity index (χ0) is 36.3. The molecule has 0 spiro atoms. The molecule has 0 heterocycles. The smallest absolute Gasteiger partial charge is 0.407 e. The summed E-state index contributed by atoms with van der Waals surface area (Å²) >= 11 is 0. The van der Waals surface area contributed by atoms with Crippen molar-refractivity contribution in [3.05, 3.63) is 138 Å². The Balaban J connectivity index is 1.47. The van der Waals surface area contributed by atoms with Crippen molar-refractivity contribution in [1.82, 2.24) is 10.6 Å². The molecule has 0 saturated heterocycles. The Morgan fingerprint density at radius 1 is 0.686 bits per heavy atom. The van der Waals surface area contributed by atoms with E-state index in [0.717, 1.165) is 28.0 Å². The van der Waals surface area contributed by atoms with Gasteiger partial charge in [-0.05, 0) is 59.6 Å². The molecule has 272 valence electrons. The number of hydrogen-bond donors (Lipinski definition) is 2. The maximum absolute atomic E-state index is 15.0. The Morgan fingerprint density at radius 3 is 1.78 bits per heavy atom. The molecule has 4 rings (SSSR count). The third kappa shape index (κ3) is 13.6. The normalized spacial score (nSPS) is 13.5. The highest BCUT2D eigenvalue weighted by Crippen LogP contribution is 2.56. The topological polar surface area (TPSA) is 121 Å². The molecule has 10 nitrogen and oxygen atoms in total. The van der Waals surface area contributed by atoms with Crippen LogP contribution in [-0.2, 0) is 54.2 Å². The minimum atomic E-state index is -4.04. The fourth-order valence-electron chi connectivity index (χ4n) is 5.23. The molecule has 0 saturated carbocycles. The maximum atomic E-state index is 15.0. The van der Waals surface area contributed by atoms with Crippen LogP contribution in [0.25, 0.3) is 0 Å².